The molecule has 3 aliphatic rings. The van der Waals surface area contributed by atoms with Crippen LogP contribution in [-0.4, -0.2) is 97.0 Å². The van der Waals surface area contributed by atoms with Gasteiger partial charge in [-0.05, 0) is 68.1 Å². The topological polar surface area (TPSA) is 267 Å². The minimum atomic E-state index is -6.91. The second-order valence-electron chi connectivity index (χ2n) is 17.5. The normalized spacial score (nSPS) is 16.6. The van der Waals surface area contributed by atoms with Crippen molar-refractivity contribution in [3.05, 3.63) is 122 Å². The smallest absolute Gasteiger partial charge is 0.469 e. The highest BCUT2D eigenvalue weighted by Gasteiger charge is 2.58. The maximum absolute atomic E-state index is 16.2. The molecule has 20 nitrogen and oxygen atoms in total. The standard InChI is InChI=1S/C47H35F10N3O17S2/c1-71-33(61)11-13-60(14-12-34(62)72-2)24-9-3-20-15-26(43(65)73-32(20)17-24)42(64)59-23-7-5-22(6-8-23)58-41(63)21-4-10-27-25(16-21)44(66)75-45(27)28-18-30(48)39(76-78(67,68)46(52,53)54)35(50)37(28)74-38-29(45)19-31(49)40(36(38)51)77-79(69,70)47(55,56)57/h3-4,9-10,15-19,22-23H,5-8,11-14H2,1-2H3,(H,58,63)(H,59,64). The molecule has 8 rings (SSSR count). The molecule has 0 radical (unpaired) electrons. The molecular formula is C47H35F10N3O17S2. The molecule has 1 saturated carbocycles. The van der Waals surface area contributed by atoms with Gasteiger partial charge in [-0.15, -0.1) is 0 Å². The first-order valence-corrected chi connectivity index (χ1v) is 25.4. The lowest BCUT2D eigenvalue weighted by Gasteiger charge is -2.37. The minimum Gasteiger partial charge on any atom is -0.469 e. The number of carbonyl (C=O) groups is 5. The number of esters is 3. The van der Waals surface area contributed by atoms with Gasteiger partial charge in [0.2, 0.25) is 23.1 Å². The van der Waals surface area contributed by atoms with E-state index in [0.29, 0.717) is 11.1 Å². The van der Waals surface area contributed by atoms with Crippen LogP contribution >= 0.6 is 0 Å². The van der Waals surface area contributed by atoms with Crippen molar-refractivity contribution < 1.29 is 116 Å². The van der Waals surface area contributed by atoms with E-state index < -0.39 is 153 Å². The number of alkyl halides is 6. The molecule has 0 atom stereocenters. The third-order valence-electron chi connectivity index (χ3n) is 12.7. The summed E-state index contributed by atoms with van der Waals surface area (Å²) in [6, 6.07) is 7.37. The lowest BCUT2D eigenvalue weighted by molar-refractivity contribution is -0.140. The number of hydrogen-bond donors (Lipinski definition) is 2. The van der Waals surface area contributed by atoms with Crippen LogP contribution in [0.25, 0.3) is 11.0 Å². The summed E-state index contributed by atoms with van der Waals surface area (Å²) in [5.74, 6) is -22.3. The molecular weight excluding hydrogens is 1130 g/mol. The Balaban J connectivity index is 1.02. The fourth-order valence-electron chi connectivity index (χ4n) is 8.81. The molecule has 2 aliphatic heterocycles. The van der Waals surface area contributed by atoms with Gasteiger partial charge in [-0.25, -0.2) is 18.4 Å². The van der Waals surface area contributed by atoms with Crippen LogP contribution in [0.3, 0.4) is 0 Å². The number of halogens is 10. The number of carbonyl (C=O) groups excluding carboxylic acids is 5. The molecule has 79 heavy (non-hydrogen) atoms. The van der Waals surface area contributed by atoms with Crippen molar-refractivity contribution in [3.63, 3.8) is 0 Å². The number of rotatable bonds is 15. The predicted molar refractivity (Wildman–Crippen MR) is 245 cm³/mol. The lowest BCUT2D eigenvalue weighted by atomic mass is 9.77. The number of amides is 2. The third-order valence-corrected chi connectivity index (χ3v) is 14.6. The lowest BCUT2D eigenvalue weighted by Crippen LogP contribution is -2.44. The van der Waals surface area contributed by atoms with Gasteiger partial charge >= 0.3 is 54.8 Å². The molecule has 32 heteroatoms. The van der Waals surface area contributed by atoms with Crippen LogP contribution in [0, 0.1) is 23.3 Å². The highest BCUT2D eigenvalue weighted by atomic mass is 32.2. The average molecular weight is 1170 g/mol. The molecule has 0 unspecified atom stereocenters. The Labute approximate surface area is 436 Å². The van der Waals surface area contributed by atoms with Crippen LogP contribution in [0.4, 0.5) is 49.6 Å². The molecule has 1 aliphatic carbocycles. The van der Waals surface area contributed by atoms with Crippen molar-refractivity contribution in [1.29, 1.82) is 0 Å². The van der Waals surface area contributed by atoms with Crippen LogP contribution in [-0.2, 0) is 49.6 Å². The summed E-state index contributed by atoms with van der Waals surface area (Å²) in [5.41, 5.74) is -20.8. The zero-order chi connectivity index (χ0) is 57.9. The summed E-state index contributed by atoms with van der Waals surface area (Å²) in [6.07, 6.45) is 0.806. The zero-order valence-corrected chi connectivity index (χ0v) is 41.6. The first-order chi connectivity index (χ1) is 36.9. The Kier molecular flexibility index (Phi) is 15.1. The molecule has 1 fully saturated rings. The van der Waals surface area contributed by atoms with Gasteiger partial charge in [0.15, 0.2) is 28.7 Å². The van der Waals surface area contributed by atoms with Crippen LogP contribution in [0.2, 0.25) is 0 Å². The van der Waals surface area contributed by atoms with Crippen LogP contribution in [0.15, 0.2) is 63.8 Å². The van der Waals surface area contributed by atoms with Gasteiger partial charge < -0.3 is 47.3 Å². The minimum absolute atomic E-state index is 0.0322. The third kappa shape index (κ3) is 10.8. The van der Waals surface area contributed by atoms with E-state index in [9.17, 15) is 71.9 Å². The van der Waals surface area contributed by atoms with E-state index in [1.807, 2.05) is 0 Å². The number of anilines is 1. The summed E-state index contributed by atoms with van der Waals surface area (Å²) in [6.45, 7) is 0.265. The van der Waals surface area contributed by atoms with E-state index in [4.69, 9.17) is 23.4 Å². The highest BCUT2D eigenvalue weighted by Crippen LogP contribution is 2.60. The van der Waals surface area contributed by atoms with E-state index in [-0.39, 0.29) is 80.5 Å². The molecule has 2 amide bonds. The van der Waals surface area contributed by atoms with Crippen molar-refractivity contribution in [2.24, 2.45) is 0 Å². The van der Waals surface area contributed by atoms with Gasteiger partial charge in [-0.3, -0.25) is 19.2 Å². The second kappa shape index (κ2) is 20.9. The fraction of sp³-hybridized carbons (Fsp3) is 0.319. The monoisotopic (exact) mass is 1170 g/mol. The number of hydrogen-bond acceptors (Lipinski definition) is 18. The summed E-state index contributed by atoms with van der Waals surface area (Å²) < 4.78 is 223. The van der Waals surface area contributed by atoms with Crippen molar-refractivity contribution >= 4 is 66.6 Å². The molecule has 0 bridgehead atoms. The Morgan fingerprint density at radius 2 is 1.16 bits per heavy atom. The Morgan fingerprint density at radius 1 is 0.671 bits per heavy atom. The summed E-state index contributed by atoms with van der Waals surface area (Å²) in [5, 5.41) is 5.80. The number of ether oxygens (including phenoxy) is 4. The Hall–Kier alpha value is -8.16. The SMILES string of the molecule is COC(=O)CCN(CCC(=O)OC)c1ccc2cc(C(=O)NC3CCC(NC(=O)c4ccc5c(c4)C(=O)OC54c5cc(F)c(OS(=O)(=O)C(F)(F)F)c(F)c5Oc5c4cc(F)c(OS(=O)(=O)C(F)(F)F)c5F)CC3)c(=O)oc2c1. The Morgan fingerprint density at radius 3 is 1.65 bits per heavy atom. The molecule has 1 aromatic heterocycles. The van der Waals surface area contributed by atoms with Crippen molar-refractivity contribution in [1.82, 2.24) is 10.6 Å². The number of nitrogens with zero attached hydrogens (tertiary/aromatic N) is 1. The number of nitrogens with one attached hydrogen (secondary N) is 2. The first-order valence-electron chi connectivity index (χ1n) is 22.6. The van der Waals surface area contributed by atoms with E-state index >= 15 is 17.6 Å². The predicted octanol–water partition coefficient (Wildman–Crippen LogP) is 6.78. The van der Waals surface area contributed by atoms with E-state index in [1.54, 1.807) is 17.0 Å². The van der Waals surface area contributed by atoms with Gasteiger partial charge in [-0.2, -0.15) is 52.0 Å². The van der Waals surface area contributed by atoms with E-state index in [0.717, 1.165) is 18.2 Å². The van der Waals surface area contributed by atoms with Gasteiger partial charge in [0.05, 0.1) is 43.8 Å². The van der Waals surface area contributed by atoms with E-state index in [2.05, 4.69) is 19.0 Å². The van der Waals surface area contributed by atoms with Crippen LogP contribution in [0.5, 0.6) is 23.0 Å². The van der Waals surface area contributed by atoms with Gasteiger partial charge in [-0.1, -0.05) is 6.07 Å². The van der Waals surface area contributed by atoms with Gasteiger partial charge in [0.25, 0.3) is 11.8 Å². The van der Waals surface area contributed by atoms with Gasteiger partial charge in [0.1, 0.15) is 11.1 Å². The Bertz CT molecular complexity index is 3550. The number of fused-ring (bicyclic) bond motifs is 7. The van der Waals surface area contributed by atoms with Crippen LogP contribution < -0.4 is 34.3 Å². The maximum Gasteiger partial charge on any atom is 0.534 e. The fourth-order valence-corrected chi connectivity index (χ4v) is 9.74. The average Bonchev–Trinajstić information content (AvgIpc) is 3.70. The highest BCUT2D eigenvalue weighted by molar-refractivity contribution is 7.88. The molecule has 0 saturated heterocycles. The molecule has 2 N–H and O–H groups in total. The number of methoxy groups -OCH3 is 2. The van der Waals surface area contributed by atoms with Crippen molar-refractivity contribution in [2.75, 3.05) is 32.2 Å². The molecule has 3 heterocycles. The molecule has 422 valence electrons. The summed E-state index contributed by atoms with van der Waals surface area (Å²) in [4.78, 5) is 79.3. The quantitative estimate of drug-likeness (QED) is 0.0273. The molecule has 4 aromatic carbocycles. The van der Waals surface area contributed by atoms with Gasteiger partial charge in [0, 0.05) is 53.4 Å². The largest absolute Gasteiger partial charge is 0.534 e. The van der Waals surface area contributed by atoms with Crippen molar-refractivity contribution in [2.45, 2.75) is 67.2 Å². The summed E-state index contributed by atoms with van der Waals surface area (Å²) >= 11 is 0. The first kappa shape index (κ1) is 57.0. The van der Waals surface area contributed by atoms with Crippen LogP contribution in [0.1, 0.15) is 86.3 Å². The zero-order valence-electron chi connectivity index (χ0n) is 40.0. The molecule has 5 aromatic rings. The maximum atomic E-state index is 16.2. The van der Waals surface area contributed by atoms with E-state index in [1.165, 1.54) is 26.4 Å². The molecule has 1 spiro atoms. The number of benzene rings is 4. The second-order valence-corrected chi connectivity index (χ2v) is 20.5. The van der Waals surface area contributed by atoms with Crippen molar-refractivity contribution in [3.8, 4) is 23.0 Å². The summed E-state index contributed by atoms with van der Waals surface area (Å²) in [7, 11) is -11.4.